The molecule has 1 fully saturated rings. The molecule has 1 aliphatic carbocycles. The third kappa shape index (κ3) is 4.01. The number of aromatic nitrogens is 2. The van der Waals surface area contributed by atoms with Gasteiger partial charge in [0, 0.05) is 19.4 Å². The zero-order valence-electron chi connectivity index (χ0n) is 15.5. The summed E-state index contributed by atoms with van der Waals surface area (Å²) >= 11 is 0. The van der Waals surface area contributed by atoms with E-state index in [-0.39, 0.29) is 16.8 Å². The van der Waals surface area contributed by atoms with Gasteiger partial charge in [-0.3, -0.25) is 9.52 Å². The molecule has 0 bridgehead atoms. The van der Waals surface area contributed by atoms with Gasteiger partial charge in [0.05, 0.1) is 21.6 Å². The minimum absolute atomic E-state index is 0.0117. The summed E-state index contributed by atoms with van der Waals surface area (Å²) in [4.78, 5) is 19.2. The number of hydrogen-bond donors (Lipinski definition) is 3. The van der Waals surface area contributed by atoms with Crippen molar-refractivity contribution in [2.45, 2.75) is 37.1 Å². The Balaban J connectivity index is 1.45. The molecule has 1 heterocycles. The number of H-pyrrole nitrogens is 1. The average molecular weight is 398 g/mol. The molecule has 0 atom stereocenters. The summed E-state index contributed by atoms with van der Waals surface area (Å²) in [6.07, 6.45) is 2.73. The monoisotopic (exact) mass is 398 g/mol. The quantitative estimate of drug-likeness (QED) is 0.594. The van der Waals surface area contributed by atoms with Crippen LogP contribution in [0.2, 0.25) is 0 Å². The average Bonchev–Trinajstić information content (AvgIpc) is 3.01. The second kappa shape index (κ2) is 7.27. The Labute approximate surface area is 163 Å². The lowest BCUT2D eigenvalue weighted by Gasteiger charge is -2.35. The molecule has 28 heavy (non-hydrogen) atoms. The van der Waals surface area contributed by atoms with Crippen molar-refractivity contribution in [3.8, 4) is 0 Å². The van der Waals surface area contributed by atoms with Crippen LogP contribution >= 0.6 is 0 Å². The Hall–Kier alpha value is -2.87. The Morgan fingerprint density at radius 1 is 1.18 bits per heavy atom. The number of rotatable bonds is 6. The highest BCUT2D eigenvalue weighted by Crippen LogP contribution is 2.30. The van der Waals surface area contributed by atoms with Gasteiger partial charge in [-0.15, -0.1) is 0 Å². The molecule has 0 radical (unpaired) electrons. The summed E-state index contributed by atoms with van der Waals surface area (Å²) in [5.74, 6) is 1.38. The Kier molecular flexibility index (Phi) is 4.80. The van der Waals surface area contributed by atoms with Gasteiger partial charge in [0.15, 0.2) is 0 Å². The fourth-order valence-electron chi connectivity index (χ4n) is 3.62. The van der Waals surface area contributed by atoms with E-state index < -0.39 is 10.0 Å². The number of hydrogen-bond acceptors (Lipinski definition) is 4. The van der Waals surface area contributed by atoms with Crippen LogP contribution in [0.1, 0.15) is 25.6 Å². The van der Waals surface area contributed by atoms with Crippen molar-refractivity contribution in [2.75, 3.05) is 4.72 Å². The van der Waals surface area contributed by atoms with Crippen LogP contribution in [0.4, 0.5) is 5.69 Å². The second-order valence-corrected chi connectivity index (χ2v) is 8.96. The maximum Gasteiger partial charge on any atom is 0.261 e. The van der Waals surface area contributed by atoms with E-state index in [9.17, 15) is 13.2 Å². The number of nitrogens with zero attached hydrogens (tertiary/aromatic N) is 1. The number of sulfonamides is 1. The standard InChI is InChI=1S/C20H22N4O3S/c1-13(25)21-16-9-14(10-16)11-20-22-18-8-7-15(12-19(18)23-20)24-28(26,27)17-5-3-2-4-6-17/h2-8,12,14,16,24H,9-11H2,1H3,(H,21,25)(H,22,23). The normalized spacial score (nSPS) is 19.2. The fraction of sp³-hybridized carbons (Fsp3) is 0.300. The third-order valence-electron chi connectivity index (χ3n) is 4.96. The van der Waals surface area contributed by atoms with Crippen LogP contribution in [0.25, 0.3) is 11.0 Å². The summed E-state index contributed by atoms with van der Waals surface area (Å²) < 4.78 is 27.6. The molecule has 0 aliphatic heterocycles. The molecule has 1 aliphatic rings. The van der Waals surface area contributed by atoms with Crippen molar-refractivity contribution < 1.29 is 13.2 Å². The van der Waals surface area contributed by atoms with E-state index in [1.165, 1.54) is 6.92 Å². The first-order valence-electron chi connectivity index (χ1n) is 9.23. The highest BCUT2D eigenvalue weighted by atomic mass is 32.2. The number of fused-ring (bicyclic) bond motifs is 1. The molecule has 8 heteroatoms. The summed E-state index contributed by atoms with van der Waals surface area (Å²) in [5.41, 5.74) is 2.08. The van der Waals surface area contributed by atoms with Gasteiger partial charge in [-0.25, -0.2) is 13.4 Å². The van der Waals surface area contributed by atoms with Crippen molar-refractivity contribution in [3.63, 3.8) is 0 Å². The molecular weight excluding hydrogens is 376 g/mol. The number of carbonyl (C=O) groups excluding carboxylic acids is 1. The molecule has 1 saturated carbocycles. The van der Waals surface area contributed by atoms with Gasteiger partial charge in [0.1, 0.15) is 5.82 Å². The number of amides is 1. The van der Waals surface area contributed by atoms with Crippen molar-refractivity contribution in [1.82, 2.24) is 15.3 Å². The van der Waals surface area contributed by atoms with Crippen molar-refractivity contribution in [2.24, 2.45) is 5.92 Å². The van der Waals surface area contributed by atoms with Gasteiger partial charge in [-0.05, 0) is 49.1 Å². The van der Waals surface area contributed by atoms with Crippen molar-refractivity contribution in [3.05, 3.63) is 54.4 Å². The Morgan fingerprint density at radius 3 is 2.64 bits per heavy atom. The van der Waals surface area contributed by atoms with Gasteiger partial charge < -0.3 is 10.3 Å². The lowest BCUT2D eigenvalue weighted by molar-refractivity contribution is -0.120. The molecule has 3 N–H and O–H groups in total. The highest BCUT2D eigenvalue weighted by Gasteiger charge is 2.30. The van der Waals surface area contributed by atoms with Crippen molar-refractivity contribution in [1.29, 1.82) is 0 Å². The molecule has 1 aromatic heterocycles. The van der Waals surface area contributed by atoms with Crippen LogP contribution in [-0.4, -0.2) is 30.3 Å². The van der Waals surface area contributed by atoms with E-state index in [1.54, 1.807) is 48.5 Å². The first kappa shape index (κ1) is 18.5. The van der Waals surface area contributed by atoms with Gasteiger partial charge in [-0.2, -0.15) is 0 Å². The van der Waals surface area contributed by atoms with Crippen LogP contribution in [0.15, 0.2) is 53.4 Å². The van der Waals surface area contributed by atoms with Gasteiger partial charge in [-0.1, -0.05) is 18.2 Å². The fourth-order valence-corrected chi connectivity index (χ4v) is 4.69. The maximum atomic E-state index is 12.5. The minimum atomic E-state index is -3.62. The number of carbonyl (C=O) groups is 1. The molecule has 0 saturated heterocycles. The van der Waals surface area contributed by atoms with Gasteiger partial charge in [0.2, 0.25) is 5.91 Å². The number of anilines is 1. The first-order valence-corrected chi connectivity index (χ1v) is 10.7. The summed E-state index contributed by atoms with van der Waals surface area (Å²) in [6, 6.07) is 13.8. The predicted octanol–water partition coefficient (Wildman–Crippen LogP) is 2.82. The van der Waals surface area contributed by atoms with Crippen LogP contribution in [0.3, 0.4) is 0 Å². The van der Waals surface area contributed by atoms with E-state index in [0.717, 1.165) is 36.1 Å². The van der Waals surface area contributed by atoms with E-state index in [1.807, 2.05) is 0 Å². The van der Waals surface area contributed by atoms with Crippen molar-refractivity contribution >= 4 is 32.7 Å². The molecule has 2 aromatic carbocycles. The molecule has 4 rings (SSSR count). The smallest absolute Gasteiger partial charge is 0.261 e. The summed E-state index contributed by atoms with van der Waals surface area (Å²) in [7, 11) is -3.62. The minimum Gasteiger partial charge on any atom is -0.354 e. The molecule has 146 valence electrons. The number of imidazole rings is 1. The number of nitrogens with one attached hydrogen (secondary N) is 3. The van der Waals surface area contributed by atoms with Crippen LogP contribution in [0, 0.1) is 5.92 Å². The van der Waals surface area contributed by atoms with Gasteiger partial charge in [0.25, 0.3) is 10.0 Å². The highest BCUT2D eigenvalue weighted by molar-refractivity contribution is 7.92. The second-order valence-electron chi connectivity index (χ2n) is 7.27. The zero-order chi connectivity index (χ0) is 19.7. The van der Waals surface area contributed by atoms with E-state index >= 15 is 0 Å². The molecule has 1 amide bonds. The molecule has 3 aromatic rings. The van der Waals surface area contributed by atoms with E-state index in [0.29, 0.717) is 11.6 Å². The number of benzene rings is 2. The topological polar surface area (TPSA) is 104 Å². The summed E-state index contributed by atoms with van der Waals surface area (Å²) in [5, 5.41) is 2.93. The number of aromatic amines is 1. The van der Waals surface area contributed by atoms with E-state index in [4.69, 9.17) is 0 Å². The molecular formula is C20H22N4O3S. The third-order valence-corrected chi connectivity index (χ3v) is 6.36. The van der Waals surface area contributed by atoms with Crippen LogP contribution in [0.5, 0.6) is 0 Å². The Bertz CT molecular complexity index is 1100. The van der Waals surface area contributed by atoms with Gasteiger partial charge >= 0.3 is 0 Å². The largest absolute Gasteiger partial charge is 0.354 e. The lowest BCUT2D eigenvalue weighted by Crippen LogP contribution is -2.44. The lowest BCUT2D eigenvalue weighted by atomic mass is 9.78. The SMILES string of the molecule is CC(=O)NC1CC(Cc2nc3ccc(NS(=O)(=O)c4ccccc4)cc3[nH]2)C1. The van der Waals surface area contributed by atoms with E-state index in [2.05, 4.69) is 20.0 Å². The first-order chi connectivity index (χ1) is 13.4. The maximum absolute atomic E-state index is 12.5. The molecule has 7 nitrogen and oxygen atoms in total. The molecule has 0 unspecified atom stereocenters. The van der Waals surface area contributed by atoms with Crippen LogP contribution in [-0.2, 0) is 21.2 Å². The Morgan fingerprint density at radius 2 is 1.93 bits per heavy atom. The molecule has 0 spiro atoms. The zero-order valence-corrected chi connectivity index (χ0v) is 16.3. The van der Waals surface area contributed by atoms with Crippen LogP contribution < -0.4 is 10.0 Å². The summed E-state index contributed by atoms with van der Waals surface area (Å²) in [6.45, 7) is 1.54. The predicted molar refractivity (Wildman–Crippen MR) is 107 cm³/mol.